The molecule has 1 nitrogen and oxygen atoms in total. The van der Waals surface area contributed by atoms with Gasteiger partial charge in [0.15, 0.2) is 0 Å². The van der Waals surface area contributed by atoms with Gasteiger partial charge in [-0.1, -0.05) is 23.3 Å². The van der Waals surface area contributed by atoms with Gasteiger partial charge in [0.1, 0.15) is 0 Å². The minimum atomic E-state index is 0.365. The predicted molar refractivity (Wildman–Crippen MR) is 61.4 cm³/mol. The van der Waals surface area contributed by atoms with Crippen molar-refractivity contribution in [3.8, 4) is 0 Å². The van der Waals surface area contributed by atoms with E-state index in [0.29, 0.717) is 18.4 Å². The molecule has 1 N–H and O–H groups in total. The summed E-state index contributed by atoms with van der Waals surface area (Å²) in [5.41, 5.74) is 3.39. The first-order valence-corrected chi connectivity index (χ1v) is 6.41. The average molecular weight is 204 g/mol. The van der Waals surface area contributed by atoms with E-state index in [4.69, 9.17) is 0 Å². The lowest BCUT2D eigenvalue weighted by atomic mass is 9.79. The molecule has 0 amide bonds. The molecule has 0 fully saturated rings. The standard InChI is InChI=1S/C14H20O/c15-9-14-12-7-3-1-5-10(12)11-6-2-4-8-13(11)14/h3,7,10,12,14-15H,1-2,4-6,8-9H2. The smallest absolute Gasteiger partial charge is 0.0502 e. The molecule has 0 saturated heterocycles. The van der Waals surface area contributed by atoms with Crippen LogP contribution in [0.15, 0.2) is 23.3 Å². The highest BCUT2D eigenvalue weighted by Crippen LogP contribution is 2.51. The Morgan fingerprint density at radius 3 is 2.80 bits per heavy atom. The van der Waals surface area contributed by atoms with Gasteiger partial charge in [-0.05, 0) is 50.4 Å². The van der Waals surface area contributed by atoms with E-state index >= 15 is 0 Å². The fourth-order valence-corrected chi connectivity index (χ4v) is 3.94. The van der Waals surface area contributed by atoms with E-state index in [1.165, 1.54) is 38.5 Å². The van der Waals surface area contributed by atoms with Gasteiger partial charge in [0.05, 0.1) is 6.61 Å². The Morgan fingerprint density at radius 2 is 2.00 bits per heavy atom. The van der Waals surface area contributed by atoms with Crippen LogP contribution in [0.3, 0.4) is 0 Å². The van der Waals surface area contributed by atoms with Crippen molar-refractivity contribution in [3.63, 3.8) is 0 Å². The molecule has 1 heteroatoms. The zero-order valence-corrected chi connectivity index (χ0v) is 9.28. The van der Waals surface area contributed by atoms with Crippen LogP contribution in [0.5, 0.6) is 0 Å². The van der Waals surface area contributed by atoms with Crippen LogP contribution in [0.1, 0.15) is 38.5 Å². The van der Waals surface area contributed by atoms with Gasteiger partial charge in [0.25, 0.3) is 0 Å². The lowest BCUT2D eigenvalue weighted by molar-refractivity contribution is 0.204. The SMILES string of the molecule is OCC1C2=C(CCCC2)C2CCC=CC12. The second-order valence-corrected chi connectivity index (χ2v) is 5.24. The fourth-order valence-electron chi connectivity index (χ4n) is 3.94. The van der Waals surface area contributed by atoms with Crippen LogP contribution in [0.2, 0.25) is 0 Å². The third-order valence-electron chi connectivity index (χ3n) is 4.58. The highest BCUT2D eigenvalue weighted by molar-refractivity contribution is 5.33. The van der Waals surface area contributed by atoms with Crippen LogP contribution in [-0.2, 0) is 0 Å². The molecular formula is C14H20O. The topological polar surface area (TPSA) is 20.2 Å². The summed E-state index contributed by atoms with van der Waals surface area (Å²) >= 11 is 0. The van der Waals surface area contributed by atoms with E-state index < -0.39 is 0 Å². The van der Waals surface area contributed by atoms with Crippen molar-refractivity contribution in [1.82, 2.24) is 0 Å². The molecule has 0 saturated carbocycles. The normalized spacial score (nSPS) is 39.1. The van der Waals surface area contributed by atoms with Gasteiger partial charge < -0.3 is 5.11 Å². The van der Waals surface area contributed by atoms with Gasteiger partial charge in [-0.2, -0.15) is 0 Å². The van der Waals surface area contributed by atoms with Crippen LogP contribution < -0.4 is 0 Å². The first-order chi connectivity index (χ1) is 7.42. The third-order valence-corrected chi connectivity index (χ3v) is 4.58. The number of allylic oxidation sites excluding steroid dienone is 3. The maximum atomic E-state index is 9.58. The third kappa shape index (κ3) is 1.40. The number of hydrogen-bond donors (Lipinski definition) is 1. The predicted octanol–water partition coefficient (Wildman–Crippen LogP) is 3.06. The Kier molecular flexibility index (Phi) is 2.44. The number of aliphatic hydroxyl groups is 1. The van der Waals surface area contributed by atoms with Gasteiger partial charge in [0, 0.05) is 5.92 Å². The molecule has 0 aromatic rings. The summed E-state index contributed by atoms with van der Waals surface area (Å²) in [4.78, 5) is 0. The average Bonchev–Trinajstić information content (AvgIpc) is 2.63. The van der Waals surface area contributed by atoms with Gasteiger partial charge >= 0.3 is 0 Å². The van der Waals surface area contributed by atoms with Gasteiger partial charge in [-0.25, -0.2) is 0 Å². The van der Waals surface area contributed by atoms with Crippen LogP contribution in [0, 0.1) is 17.8 Å². The number of rotatable bonds is 1. The maximum Gasteiger partial charge on any atom is 0.0502 e. The zero-order chi connectivity index (χ0) is 10.3. The van der Waals surface area contributed by atoms with Crippen molar-refractivity contribution in [1.29, 1.82) is 0 Å². The molecule has 15 heavy (non-hydrogen) atoms. The van der Waals surface area contributed by atoms with Gasteiger partial charge in [-0.3, -0.25) is 0 Å². The van der Waals surface area contributed by atoms with Gasteiger partial charge in [0.2, 0.25) is 0 Å². The molecule has 3 aliphatic rings. The first kappa shape index (κ1) is 9.65. The summed E-state index contributed by atoms with van der Waals surface area (Å²) in [6, 6.07) is 0. The summed E-state index contributed by atoms with van der Waals surface area (Å²) < 4.78 is 0. The van der Waals surface area contributed by atoms with Crippen LogP contribution in [0.25, 0.3) is 0 Å². The number of fused-ring (bicyclic) bond motifs is 2. The summed E-state index contributed by atoms with van der Waals surface area (Å²) in [6.45, 7) is 0.365. The van der Waals surface area contributed by atoms with Crippen LogP contribution >= 0.6 is 0 Å². The van der Waals surface area contributed by atoms with E-state index in [0.717, 1.165) is 5.92 Å². The molecule has 3 unspecified atom stereocenters. The van der Waals surface area contributed by atoms with Crippen molar-refractivity contribution in [2.24, 2.45) is 17.8 Å². The molecule has 0 spiro atoms. The summed E-state index contributed by atoms with van der Waals surface area (Å²) in [6.07, 6.45) is 12.6. The van der Waals surface area contributed by atoms with Crippen molar-refractivity contribution in [3.05, 3.63) is 23.3 Å². The number of aliphatic hydroxyl groups excluding tert-OH is 1. The van der Waals surface area contributed by atoms with E-state index in [1.807, 2.05) is 0 Å². The molecule has 0 radical (unpaired) electrons. The second kappa shape index (κ2) is 3.79. The quantitative estimate of drug-likeness (QED) is 0.651. The molecule has 0 aromatic heterocycles. The molecule has 3 atom stereocenters. The highest BCUT2D eigenvalue weighted by Gasteiger charge is 2.41. The van der Waals surface area contributed by atoms with Gasteiger partial charge in [-0.15, -0.1) is 0 Å². The van der Waals surface area contributed by atoms with E-state index in [2.05, 4.69) is 12.2 Å². The molecule has 0 bridgehead atoms. The van der Waals surface area contributed by atoms with Crippen molar-refractivity contribution in [2.75, 3.05) is 6.61 Å². The van der Waals surface area contributed by atoms with Crippen LogP contribution in [-0.4, -0.2) is 11.7 Å². The highest BCUT2D eigenvalue weighted by atomic mass is 16.3. The summed E-state index contributed by atoms with van der Waals surface area (Å²) in [5.74, 6) is 1.91. The Hall–Kier alpha value is -0.560. The monoisotopic (exact) mass is 204 g/mol. The lowest BCUT2D eigenvalue weighted by Crippen LogP contribution is -2.21. The lowest BCUT2D eigenvalue weighted by Gasteiger charge is -2.26. The zero-order valence-electron chi connectivity index (χ0n) is 9.28. The van der Waals surface area contributed by atoms with E-state index in [-0.39, 0.29) is 0 Å². The van der Waals surface area contributed by atoms with E-state index in [9.17, 15) is 5.11 Å². The molecular weight excluding hydrogens is 184 g/mol. The van der Waals surface area contributed by atoms with Crippen molar-refractivity contribution in [2.45, 2.75) is 38.5 Å². The fraction of sp³-hybridized carbons (Fsp3) is 0.714. The molecule has 0 aliphatic heterocycles. The summed E-state index contributed by atoms with van der Waals surface area (Å²) in [5, 5.41) is 9.58. The first-order valence-electron chi connectivity index (χ1n) is 6.41. The Labute approximate surface area is 91.9 Å². The van der Waals surface area contributed by atoms with E-state index in [1.54, 1.807) is 11.1 Å². The molecule has 3 aliphatic carbocycles. The molecule has 0 heterocycles. The Morgan fingerprint density at radius 1 is 1.20 bits per heavy atom. The summed E-state index contributed by atoms with van der Waals surface area (Å²) in [7, 11) is 0. The molecule has 82 valence electrons. The largest absolute Gasteiger partial charge is 0.396 e. The van der Waals surface area contributed by atoms with Crippen molar-refractivity contribution < 1.29 is 5.11 Å². The van der Waals surface area contributed by atoms with Crippen molar-refractivity contribution >= 4 is 0 Å². The minimum absolute atomic E-state index is 0.365. The molecule has 0 aromatic carbocycles. The van der Waals surface area contributed by atoms with Crippen LogP contribution in [0.4, 0.5) is 0 Å². The maximum absolute atomic E-state index is 9.58. The second-order valence-electron chi connectivity index (χ2n) is 5.24. The minimum Gasteiger partial charge on any atom is -0.396 e. The Bertz CT molecular complexity index is 305. The Balaban J connectivity index is 1.97. The number of hydrogen-bond acceptors (Lipinski definition) is 1. The molecule has 3 rings (SSSR count).